The lowest BCUT2D eigenvalue weighted by Gasteiger charge is -2.52. The van der Waals surface area contributed by atoms with E-state index < -0.39 is 17.7 Å². The molecule has 8 atom stereocenters. The lowest BCUT2D eigenvalue weighted by Crippen LogP contribution is -2.52. The van der Waals surface area contributed by atoms with Gasteiger partial charge >= 0.3 is 5.97 Å². The van der Waals surface area contributed by atoms with Crippen LogP contribution in [0.1, 0.15) is 52.9 Å². The summed E-state index contributed by atoms with van der Waals surface area (Å²) in [6.45, 7) is 6.54. The molecule has 6 heteroatoms. The van der Waals surface area contributed by atoms with Crippen LogP contribution in [0, 0.1) is 28.6 Å². The average molecular weight is 395 g/mol. The highest BCUT2D eigenvalue weighted by Crippen LogP contribution is 2.65. The number of aliphatic hydroxyl groups is 1. The van der Waals surface area contributed by atoms with E-state index in [0.29, 0.717) is 25.2 Å². The van der Waals surface area contributed by atoms with E-state index in [1.54, 1.807) is 14.2 Å². The van der Waals surface area contributed by atoms with Crippen LogP contribution in [-0.4, -0.2) is 55.0 Å². The highest BCUT2D eigenvalue weighted by molar-refractivity contribution is 5.81. The number of carboxylic acid groups (broad SMARTS) is 1. The number of carboxylic acids is 1. The molecule has 2 N–H and O–H groups in total. The monoisotopic (exact) mass is 394 g/mol. The van der Waals surface area contributed by atoms with Crippen LogP contribution in [0.2, 0.25) is 0 Å². The molecule has 2 bridgehead atoms. The fraction of sp³-hybridized carbons (Fsp3) is 0.864. The zero-order valence-electron chi connectivity index (χ0n) is 17.6. The van der Waals surface area contributed by atoms with Gasteiger partial charge in [-0.3, -0.25) is 4.79 Å². The number of aliphatic hydroxyl groups excluding tert-OH is 1. The molecule has 0 aromatic heterocycles. The number of hydrogen-bond acceptors (Lipinski definition) is 5. The van der Waals surface area contributed by atoms with E-state index in [1.165, 1.54) is 5.57 Å². The molecule has 28 heavy (non-hydrogen) atoms. The molecule has 4 aliphatic rings. The van der Waals surface area contributed by atoms with Gasteiger partial charge < -0.3 is 24.4 Å². The second kappa shape index (κ2) is 6.79. The Bertz CT molecular complexity index is 687. The Hall–Kier alpha value is -0.950. The molecule has 0 aromatic rings. The van der Waals surface area contributed by atoms with Gasteiger partial charge in [-0.05, 0) is 49.5 Å². The highest BCUT2D eigenvalue weighted by Gasteiger charge is 2.66. The SMILES string of the molecule is CO[C@H]1[C@H]2[C@@H](O)O[C@@H]1[C@]1(C)CC[C@@]3(C(=O)O)CCC(C(C)C)=C3[C@H]1C[C@H]2OC. The third-order valence-corrected chi connectivity index (χ3v) is 8.44. The van der Waals surface area contributed by atoms with Crippen molar-refractivity contribution in [3.05, 3.63) is 11.1 Å². The molecule has 0 radical (unpaired) electrons. The maximum atomic E-state index is 12.5. The van der Waals surface area contributed by atoms with Crippen molar-refractivity contribution in [1.82, 2.24) is 0 Å². The molecule has 1 saturated heterocycles. The van der Waals surface area contributed by atoms with Gasteiger partial charge in [-0.25, -0.2) is 0 Å². The molecular formula is C22H34O6. The molecular weight excluding hydrogens is 360 g/mol. The Balaban J connectivity index is 1.89. The summed E-state index contributed by atoms with van der Waals surface area (Å²) in [5.74, 6) is -0.564. The van der Waals surface area contributed by atoms with E-state index >= 15 is 0 Å². The van der Waals surface area contributed by atoms with Gasteiger partial charge in [0.05, 0.1) is 29.6 Å². The van der Waals surface area contributed by atoms with Crippen LogP contribution in [0.15, 0.2) is 11.1 Å². The van der Waals surface area contributed by atoms with E-state index in [1.807, 2.05) is 0 Å². The molecule has 158 valence electrons. The van der Waals surface area contributed by atoms with Crippen molar-refractivity contribution < 1.29 is 29.2 Å². The number of carbonyl (C=O) groups is 1. The third kappa shape index (κ3) is 2.51. The normalized spacial score (nSPS) is 47.8. The van der Waals surface area contributed by atoms with Crippen molar-refractivity contribution in [2.75, 3.05) is 14.2 Å². The van der Waals surface area contributed by atoms with Crippen molar-refractivity contribution in [3.63, 3.8) is 0 Å². The van der Waals surface area contributed by atoms with Crippen molar-refractivity contribution in [2.45, 2.75) is 77.5 Å². The molecule has 4 rings (SSSR count). The van der Waals surface area contributed by atoms with Gasteiger partial charge in [0.1, 0.15) is 0 Å². The maximum Gasteiger partial charge on any atom is 0.313 e. The van der Waals surface area contributed by atoms with Gasteiger partial charge in [-0.2, -0.15) is 0 Å². The lowest BCUT2D eigenvalue weighted by atomic mass is 9.53. The van der Waals surface area contributed by atoms with Crippen molar-refractivity contribution in [1.29, 1.82) is 0 Å². The van der Waals surface area contributed by atoms with E-state index in [2.05, 4.69) is 20.8 Å². The summed E-state index contributed by atoms with van der Waals surface area (Å²) in [5, 5.41) is 20.9. The minimum absolute atomic E-state index is 0.0577. The Morgan fingerprint density at radius 1 is 1.21 bits per heavy atom. The summed E-state index contributed by atoms with van der Waals surface area (Å²) in [6.07, 6.45) is 1.96. The lowest BCUT2D eigenvalue weighted by molar-refractivity contribution is -0.184. The summed E-state index contributed by atoms with van der Waals surface area (Å²) in [6, 6.07) is 0. The molecule has 0 amide bonds. The van der Waals surface area contributed by atoms with E-state index in [9.17, 15) is 15.0 Å². The van der Waals surface area contributed by atoms with Crippen LogP contribution < -0.4 is 0 Å². The van der Waals surface area contributed by atoms with Crippen LogP contribution in [-0.2, 0) is 19.0 Å². The largest absolute Gasteiger partial charge is 0.481 e. The first-order chi connectivity index (χ1) is 13.2. The summed E-state index contributed by atoms with van der Waals surface area (Å²) in [4.78, 5) is 12.5. The summed E-state index contributed by atoms with van der Waals surface area (Å²) >= 11 is 0. The Kier molecular flexibility index (Phi) is 4.93. The van der Waals surface area contributed by atoms with Gasteiger partial charge in [0.2, 0.25) is 0 Å². The Morgan fingerprint density at radius 3 is 2.50 bits per heavy atom. The number of allylic oxidation sites excluding steroid dienone is 1. The standard InChI is InChI=1S/C22H34O6/c1-11(2)12-6-7-22(20(24)25)9-8-21(3)13(16(12)22)10-14(26-4)15-17(27-5)18(21)28-19(15)23/h11,13-15,17-19,23H,6-10H2,1-5H3,(H,24,25)/t13-,14-,15+,17+,18+,19+,21-,22+/m1/s1. The van der Waals surface area contributed by atoms with Crippen molar-refractivity contribution in [2.24, 2.45) is 28.6 Å². The minimum Gasteiger partial charge on any atom is -0.481 e. The van der Waals surface area contributed by atoms with Gasteiger partial charge in [-0.1, -0.05) is 26.3 Å². The van der Waals surface area contributed by atoms with Gasteiger partial charge in [0.25, 0.3) is 0 Å². The molecule has 1 heterocycles. The van der Waals surface area contributed by atoms with E-state index in [4.69, 9.17) is 14.2 Å². The average Bonchev–Trinajstić information content (AvgIpc) is 3.17. The second-order valence-corrected chi connectivity index (χ2v) is 9.77. The Labute approximate surface area is 167 Å². The second-order valence-electron chi connectivity index (χ2n) is 9.77. The third-order valence-electron chi connectivity index (χ3n) is 8.44. The molecule has 0 aromatic carbocycles. The molecule has 1 aliphatic heterocycles. The summed E-state index contributed by atoms with van der Waals surface area (Å²) in [7, 11) is 3.33. The van der Waals surface area contributed by atoms with Crippen LogP contribution >= 0.6 is 0 Å². The smallest absolute Gasteiger partial charge is 0.313 e. The number of hydrogen-bond donors (Lipinski definition) is 2. The first kappa shape index (κ1) is 20.3. The number of methoxy groups -OCH3 is 2. The molecule has 3 fully saturated rings. The first-order valence-corrected chi connectivity index (χ1v) is 10.6. The summed E-state index contributed by atoms with van der Waals surface area (Å²) < 4.78 is 17.8. The van der Waals surface area contributed by atoms with Gasteiger partial charge in [-0.15, -0.1) is 0 Å². The highest BCUT2D eigenvalue weighted by atomic mass is 16.6. The van der Waals surface area contributed by atoms with Crippen LogP contribution in [0.4, 0.5) is 0 Å². The maximum absolute atomic E-state index is 12.5. The topological polar surface area (TPSA) is 85.2 Å². The predicted molar refractivity (Wildman–Crippen MR) is 103 cm³/mol. The zero-order valence-corrected chi connectivity index (χ0v) is 17.6. The Morgan fingerprint density at radius 2 is 1.93 bits per heavy atom. The van der Waals surface area contributed by atoms with E-state index in [0.717, 1.165) is 18.4 Å². The van der Waals surface area contributed by atoms with Crippen molar-refractivity contribution >= 4 is 5.97 Å². The zero-order chi connectivity index (χ0) is 20.4. The number of fused-ring (bicyclic) bond motifs is 6. The predicted octanol–water partition coefficient (Wildman–Crippen LogP) is 2.99. The van der Waals surface area contributed by atoms with Crippen LogP contribution in [0.3, 0.4) is 0 Å². The van der Waals surface area contributed by atoms with E-state index in [-0.39, 0.29) is 35.6 Å². The molecule has 0 spiro atoms. The molecule has 6 nitrogen and oxygen atoms in total. The molecule has 0 unspecified atom stereocenters. The van der Waals surface area contributed by atoms with Gasteiger partial charge in [0, 0.05) is 19.6 Å². The quantitative estimate of drug-likeness (QED) is 0.713. The first-order valence-electron chi connectivity index (χ1n) is 10.6. The van der Waals surface area contributed by atoms with Crippen LogP contribution in [0.5, 0.6) is 0 Å². The fourth-order valence-corrected chi connectivity index (χ4v) is 6.92. The van der Waals surface area contributed by atoms with Crippen molar-refractivity contribution in [3.8, 4) is 0 Å². The van der Waals surface area contributed by atoms with Crippen LogP contribution in [0.25, 0.3) is 0 Å². The number of rotatable bonds is 4. The summed E-state index contributed by atoms with van der Waals surface area (Å²) in [5.41, 5.74) is 1.39. The molecule has 3 aliphatic carbocycles. The van der Waals surface area contributed by atoms with Gasteiger partial charge in [0.15, 0.2) is 6.29 Å². The number of aliphatic carboxylic acids is 1. The minimum atomic E-state index is -0.911. The fourth-order valence-electron chi connectivity index (χ4n) is 6.92. The molecule has 2 saturated carbocycles. The number of ether oxygens (including phenoxy) is 3.